The zero-order valence-corrected chi connectivity index (χ0v) is 25.1. The summed E-state index contributed by atoms with van der Waals surface area (Å²) in [6, 6.07) is 26.0. The molecular formula is C36H36F2N4O3. The van der Waals surface area contributed by atoms with Gasteiger partial charge in [-0.1, -0.05) is 49.4 Å². The van der Waals surface area contributed by atoms with Crippen LogP contribution in [0.4, 0.5) is 20.2 Å². The van der Waals surface area contributed by atoms with Crippen LogP contribution in [0.1, 0.15) is 57.5 Å². The number of hydrogen-bond donors (Lipinski definition) is 2. The summed E-state index contributed by atoms with van der Waals surface area (Å²) in [7, 11) is 0. The fourth-order valence-electron chi connectivity index (χ4n) is 5.59. The third kappa shape index (κ3) is 7.92. The van der Waals surface area contributed by atoms with E-state index < -0.39 is 11.7 Å². The number of nitrogens with zero attached hydrogens (tertiary/aromatic N) is 2. The number of anilines is 2. The summed E-state index contributed by atoms with van der Waals surface area (Å²) in [4.78, 5) is 44.0. The summed E-state index contributed by atoms with van der Waals surface area (Å²) in [6.07, 6.45) is 1.42. The lowest BCUT2D eigenvalue weighted by Gasteiger charge is -2.28. The van der Waals surface area contributed by atoms with Gasteiger partial charge in [0.15, 0.2) is 0 Å². The normalized spacial score (nSPS) is 13.9. The van der Waals surface area contributed by atoms with Crippen molar-refractivity contribution in [1.82, 2.24) is 10.2 Å². The highest BCUT2D eigenvalue weighted by Gasteiger charge is 2.27. The largest absolute Gasteiger partial charge is 0.369 e. The summed E-state index contributed by atoms with van der Waals surface area (Å²) in [5.74, 6) is -1.72. The second-order valence-electron chi connectivity index (χ2n) is 11.0. The Hall–Kier alpha value is -5.05. The van der Waals surface area contributed by atoms with E-state index in [2.05, 4.69) is 15.5 Å². The van der Waals surface area contributed by atoms with Crippen LogP contribution in [0.2, 0.25) is 0 Å². The van der Waals surface area contributed by atoms with Gasteiger partial charge in [-0.15, -0.1) is 0 Å². The summed E-state index contributed by atoms with van der Waals surface area (Å²) in [5, 5.41) is 5.71. The standard InChI is InChI=1S/C36H36F2N4O3/c1-2-31(26-7-4-3-5-8-26)36(45)42-20-6-19-41(21-22-42)33-18-17-30(40-34(43)27-11-15-29(38)16-12-27)23-32(33)35(44)39-24-25-9-13-28(37)14-10-25/h3-5,7-18,23,31H,2,6,19-22,24H2,1H3,(H,39,44)(H,40,43). The van der Waals surface area contributed by atoms with Crippen LogP contribution in [0.25, 0.3) is 0 Å². The Kier molecular flexibility index (Phi) is 10.2. The molecule has 0 spiro atoms. The Bertz CT molecular complexity index is 1630. The van der Waals surface area contributed by atoms with Gasteiger partial charge in [0.05, 0.1) is 11.5 Å². The zero-order chi connectivity index (χ0) is 31.8. The number of rotatable bonds is 9. The second kappa shape index (κ2) is 14.6. The molecule has 0 radical (unpaired) electrons. The molecule has 1 unspecified atom stereocenters. The Morgan fingerprint density at radius 3 is 2.16 bits per heavy atom. The van der Waals surface area contributed by atoms with Crippen molar-refractivity contribution >= 4 is 29.1 Å². The van der Waals surface area contributed by atoms with E-state index in [1.165, 1.54) is 36.4 Å². The highest BCUT2D eigenvalue weighted by Crippen LogP contribution is 2.28. The summed E-state index contributed by atoms with van der Waals surface area (Å²) in [6.45, 7) is 4.47. The summed E-state index contributed by atoms with van der Waals surface area (Å²) >= 11 is 0. The van der Waals surface area contributed by atoms with Crippen molar-refractivity contribution in [2.24, 2.45) is 0 Å². The third-order valence-corrected chi connectivity index (χ3v) is 8.03. The van der Waals surface area contributed by atoms with Crippen molar-refractivity contribution in [2.75, 3.05) is 36.4 Å². The van der Waals surface area contributed by atoms with E-state index in [1.54, 1.807) is 30.3 Å². The number of hydrogen-bond acceptors (Lipinski definition) is 4. The van der Waals surface area contributed by atoms with Crippen LogP contribution in [-0.2, 0) is 11.3 Å². The molecule has 0 aromatic heterocycles. The van der Waals surface area contributed by atoms with E-state index in [1.807, 2.05) is 42.2 Å². The van der Waals surface area contributed by atoms with Crippen molar-refractivity contribution in [3.63, 3.8) is 0 Å². The number of benzene rings is 4. The van der Waals surface area contributed by atoms with Gasteiger partial charge in [0.2, 0.25) is 5.91 Å². The molecule has 1 atom stereocenters. The SMILES string of the molecule is CCC(C(=O)N1CCCN(c2ccc(NC(=O)c3ccc(F)cc3)cc2C(=O)NCc2ccc(F)cc2)CC1)c1ccccc1. The van der Waals surface area contributed by atoms with Crippen molar-refractivity contribution in [1.29, 1.82) is 0 Å². The lowest BCUT2D eigenvalue weighted by atomic mass is 9.95. The van der Waals surface area contributed by atoms with Crippen LogP contribution in [0.15, 0.2) is 97.1 Å². The maximum Gasteiger partial charge on any atom is 0.255 e. The zero-order valence-electron chi connectivity index (χ0n) is 25.1. The topological polar surface area (TPSA) is 81.8 Å². The number of carbonyl (C=O) groups excluding carboxylic acids is 3. The van der Waals surface area contributed by atoms with Crippen molar-refractivity contribution in [2.45, 2.75) is 32.2 Å². The molecule has 0 saturated carbocycles. The molecule has 5 rings (SSSR count). The Morgan fingerprint density at radius 1 is 0.778 bits per heavy atom. The summed E-state index contributed by atoms with van der Waals surface area (Å²) in [5.41, 5.74) is 3.45. The molecule has 4 aromatic carbocycles. The molecule has 3 amide bonds. The average Bonchev–Trinajstić information content (AvgIpc) is 3.32. The van der Waals surface area contributed by atoms with E-state index in [0.29, 0.717) is 49.5 Å². The van der Waals surface area contributed by atoms with Gasteiger partial charge in [0.1, 0.15) is 11.6 Å². The Balaban J connectivity index is 1.36. The molecule has 45 heavy (non-hydrogen) atoms. The lowest BCUT2D eigenvalue weighted by molar-refractivity contribution is -0.132. The molecule has 1 aliphatic rings. The van der Waals surface area contributed by atoms with Gasteiger partial charge in [-0.2, -0.15) is 0 Å². The van der Waals surface area contributed by atoms with Crippen LogP contribution in [0, 0.1) is 11.6 Å². The van der Waals surface area contributed by atoms with Gasteiger partial charge in [-0.3, -0.25) is 14.4 Å². The quantitative estimate of drug-likeness (QED) is 0.231. The van der Waals surface area contributed by atoms with E-state index in [0.717, 1.165) is 17.5 Å². The highest BCUT2D eigenvalue weighted by molar-refractivity contribution is 6.06. The monoisotopic (exact) mass is 610 g/mol. The van der Waals surface area contributed by atoms with Crippen LogP contribution in [-0.4, -0.2) is 48.8 Å². The maximum absolute atomic E-state index is 13.6. The van der Waals surface area contributed by atoms with Gasteiger partial charge < -0.3 is 20.4 Å². The Labute approximate surface area is 261 Å². The van der Waals surface area contributed by atoms with Crippen molar-refractivity contribution in [3.05, 3.63) is 131 Å². The van der Waals surface area contributed by atoms with Gasteiger partial charge in [-0.25, -0.2) is 8.78 Å². The van der Waals surface area contributed by atoms with Gasteiger partial charge >= 0.3 is 0 Å². The van der Waals surface area contributed by atoms with E-state index >= 15 is 0 Å². The number of nitrogens with one attached hydrogen (secondary N) is 2. The molecule has 7 nitrogen and oxygen atoms in total. The molecule has 232 valence electrons. The van der Waals surface area contributed by atoms with Gasteiger partial charge in [-0.05, 0) is 78.6 Å². The molecule has 1 aliphatic heterocycles. The summed E-state index contributed by atoms with van der Waals surface area (Å²) < 4.78 is 26.8. The van der Waals surface area contributed by atoms with E-state index in [4.69, 9.17) is 0 Å². The smallest absolute Gasteiger partial charge is 0.255 e. The first-order chi connectivity index (χ1) is 21.8. The minimum Gasteiger partial charge on any atom is -0.369 e. The Morgan fingerprint density at radius 2 is 1.47 bits per heavy atom. The molecule has 0 aliphatic carbocycles. The number of amides is 3. The molecular weight excluding hydrogens is 574 g/mol. The first kappa shape index (κ1) is 31.4. The molecule has 1 fully saturated rings. The van der Waals surface area contributed by atoms with Crippen molar-refractivity contribution < 1.29 is 23.2 Å². The fourth-order valence-corrected chi connectivity index (χ4v) is 5.59. The van der Waals surface area contributed by atoms with Crippen LogP contribution in [0.3, 0.4) is 0 Å². The van der Waals surface area contributed by atoms with Gasteiger partial charge in [0.25, 0.3) is 11.8 Å². The fraction of sp³-hybridized carbons (Fsp3) is 0.250. The number of halogens is 2. The second-order valence-corrected chi connectivity index (χ2v) is 11.0. The van der Waals surface area contributed by atoms with Crippen LogP contribution in [0.5, 0.6) is 0 Å². The third-order valence-electron chi connectivity index (χ3n) is 8.03. The minimum atomic E-state index is -0.445. The molecule has 1 saturated heterocycles. The molecule has 4 aromatic rings. The molecule has 2 N–H and O–H groups in total. The molecule has 9 heteroatoms. The van der Waals surface area contributed by atoms with Crippen molar-refractivity contribution in [3.8, 4) is 0 Å². The van der Waals surface area contributed by atoms with E-state index in [-0.39, 0.29) is 35.7 Å². The van der Waals surface area contributed by atoms with Crippen LogP contribution < -0.4 is 15.5 Å². The van der Waals surface area contributed by atoms with Crippen LogP contribution >= 0.6 is 0 Å². The number of carbonyl (C=O) groups is 3. The predicted molar refractivity (Wildman–Crippen MR) is 171 cm³/mol. The minimum absolute atomic E-state index is 0.0988. The first-order valence-corrected chi connectivity index (χ1v) is 15.1. The first-order valence-electron chi connectivity index (χ1n) is 15.1. The lowest BCUT2D eigenvalue weighted by Crippen LogP contribution is -2.38. The average molecular weight is 611 g/mol. The molecule has 0 bridgehead atoms. The molecule has 1 heterocycles. The maximum atomic E-state index is 13.6. The van der Waals surface area contributed by atoms with E-state index in [9.17, 15) is 23.2 Å². The highest BCUT2D eigenvalue weighted by atomic mass is 19.1. The van der Waals surface area contributed by atoms with Gasteiger partial charge in [0, 0.05) is 49.7 Å². The predicted octanol–water partition coefficient (Wildman–Crippen LogP) is 6.38.